The van der Waals surface area contributed by atoms with Crippen LogP contribution in [0.4, 0.5) is 0 Å². The summed E-state index contributed by atoms with van der Waals surface area (Å²) in [6.07, 6.45) is 6.19. The van der Waals surface area contributed by atoms with Crippen LogP contribution in [0.5, 0.6) is 0 Å². The van der Waals surface area contributed by atoms with Gasteiger partial charge >= 0.3 is 0 Å². The Morgan fingerprint density at radius 1 is 1.21 bits per heavy atom. The molecule has 0 unspecified atom stereocenters. The molecule has 4 heteroatoms. The first-order chi connectivity index (χ1) is 9.25. The van der Waals surface area contributed by atoms with Crippen LogP contribution in [-0.4, -0.2) is 11.0 Å². The summed E-state index contributed by atoms with van der Waals surface area (Å²) in [5.41, 5.74) is 4.36. The minimum Gasteiger partial charge on any atom is -0.308 e. The van der Waals surface area contributed by atoms with E-state index < -0.39 is 0 Å². The van der Waals surface area contributed by atoms with E-state index in [1.54, 1.807) is 10.9 Å². The Morgan fingerprint density at radius 2 is 2.00 bits per heavy atom. The number of nitrogens with one attached hydrogen (secondary N) is 1. The molecule has 94 valence electrons. The second-order valence-electron chi connectivity index (χ2n) is 4.59. The lowest BCUT2D eigenvalue weighted by molar-refractivity contribution is -0.642. The Labute approximate surface area is 111 Å². The van der Waals surface area contributed by atoms with E-state index in [1.807, 2.05) is 49.4 Å². The highest BCUT2D eigenvalue weighted by atomic mass is 16.5. The van der Waals surface area contributed by atoms with E-state index in [0.29, 0.717) is 12.1 Å². The summed E-state index contributed by atoms with van der Waals surface area (Å²) < 4.78 is 6.76. The van der Waals surface area contributed by atoms with Gasteiger partial charge in [-0.1, -0.05) is 29.8 Å². The number of allylic oxidation sites excluding steroid dienone is 4. The molecule has 0 saturated carbocycles. The van der Waals surface area contributed by atoms with Crippen molar-refractivity contribution in [2.24, 2.45) is 0 Å². The minimum atomic E-state index is 0.552. The third-order valence-electron chi connectivity index (χ3n) is 3.11. The van der Waals surface area contributed by atoms with Crippen LogP contribution in [0.2, 0.25) is 0 Å². The zero-order valence-electron chi connectivity index (χ0n) is 10.6. The van der Waals surface area contributed by atoms with Crippen LogP contribution in [0.25, 0.3) is 17.0 Å². The average Bonchev–Trinajstić information content (AvgIpc) is 2.89. The monoisotopic (exact) mass is 252 g/mol. The molecule has 0 atom stereocenters. The molecule has 0 bridgehead atoms. The molecule has 0 saturated heterocycles. The van der Waals surface area contributed by atoms with Crippen molar-refractivity contribution in [3.8, 4) is 11.3 Å². The molecule has 1 N–H and O–H groups in total. The van der Waals surface area contributed by atoms with Gasteiger partial charge in [-0.3, -0.25) is 5.41 Å². The molecule has 1 aliphatic rings. The molecule has 19 heavy (non-hydrogen) atoms. The quantitative estimate of drug-likeness (QED) is 0.835. The topological polar surface area (TPSA) is 53.8 Å². The molecule has 0 radical (unpaired) electrons. The van der Waals surface area contributed by atoms with Crippen LogP contribution >= 0.6 is 0 Å². The van der Waals surface area contributed by atoms with Crippen molar-refractivity contribution < 1.29 is 9.20 Å². The molecular formula is C15H14N3O+. The van der Waals surface area contributed by atoms with E-state index >= 15 is 0 Å². The largest absolute Gasteiger partial charge is 0.308 e. The molecular weight excluding hydrogens is 238 g/mol. The summed E-state index contributed by atoms with van der Waals surface area (Å²) in [6.45, 7) is 2.02. The second-order valence-corrected chi connectivity index (χ2v) is 4.59. The summed E-state index contributed by atoms with van der Waals surface area (Å²) in [5, 5.41) is 12.1. The summed E-state index contributed by atoms with van der Waals surface area (Å²) >= 11 is 0. The first-order valence-electron chi connectivity index (χ1n) is 6.13. The van der Waals surface area contributed by atoms with Gasteiger partial charge in [0.15, 0.2) is 0 Å². The molecule has 0 aliphatic heterocycles. The summed E-state index contributed by atoms with van der Waals surface area (Å²) in [6, 6.07) is 9.90. The van der Waals surface area contributed by atoms with Crippen molar-refractivity contribution >= 4 is 11.4 Å². The molecule has 3 rings (SSSR count). The highest BCUT2D eigenvalue weighted by Crippen LogP contribution is 2.19. The van der Waals surface area contributed by atoms with Crippen LogP contribution in [0.15, 0.2) is 58.8 Å². The van der Waals surface area contributed by atoms with Gasteiger partial charge in [0.05, 0.1) is 5.56 Å². The van der Waals surface area contributed by atoms with Gasteiger partial charge in [0.1, 0.15) is 5.71 Å². The molecule has 4 nitrogen and oxygen atoms in total. The summed E-state index contributed by atoms with van der Waals surface area (Å²) in [5.74, 6) is 0. The van der Waals surface area contributed by atoms with E-state index in [2.05, 4.69) is 5.27 Å². The van der Waals surface area contributed by atoms with Crippen LogP contribution in [0.1, 0.15) is 13.3 Å². The van der Waals surface area contributed by atoms with Gasteiger partial charge in [-0.15, -0.1) is 0 Å². The molecule has 1 heterocycles. The molecule has 1 aromatic carbocycles. The van der Waals surface area contributed by atoms with E-state index in [1.165, 1.54) is 5.57 Å². The van der Waals surface area contributed by atoms with Crippen LogP contribution in [0, 0.1) is 5.41 Å². The van der Waals surface area contributed by atoms with Gasteiger partial charge in [0.25, 0.3) is 11.4 Å². The van der Waals surface area contributed by atoms with Crippen LogP contribution in [0.3, 0.4) is 0 Å². The molecule has 0 spiro atoms. The number of hydrogen-bond donors (Lipinski definition) is 1. The van der Waals surface area contributed by atoms with E-state index in [9.17, 15) is 0 Å². The Hall–Kier alpha value is -2.49. The van der Waals surface area contributed by atoms with Gasteiger partial charge in [-0.25, -0.2) is 0 Å². The second kappa shape index (κ2) is 4.65. The van der Waals surface area contributed by atoms with Crippen molar-refractivity contribution in [3.05, 3.63) is 54.3 Å². The summed E-state index contributed by atoms with van der Waals surface area (Å²) in [7, 11) is 0. The number of aromatic nitrogens is 2. The zero-order valence-corrected chi connectivity index (χ0v) is 10.6. The minimum absolute atomic E-state index is 0.552. The lowest BCUT2D eigenvalue weighted by Gasteiger charge is -2.06. The number of rotatable bonds is 2. The predicted octanol–water partition coefficient (Wildman–Crippen LogP) is 2.84. The fraction of sp³-hybridized carbons (Fsp3) is 0.133. The Kier molecular flexibility index (Phi) is 2.83. The molecule has 1 aromatic heterocycles. The SMILES string of the molecule is CC1=CC=C([n+]2nocc2-c2ccccc2)C(=N)C1. The Morgan fingerprint density at radius 3 is 2.74 bits per heavy atom. The standard InChI is InChI=1S/C15H14N3O/c1-11-7-8-14(13(16)9-11)18-15(10-19-17-18)12-5-3-2-4-6-12/h2-8,10,16H,9H2,1H3/q+1. The smallest absolute Gasteiger partial charge is 0.287 e. The third-order valence-corrected chi connectivity index (χ3v) is 3.11. The highest BCUT2D eigenvalue weighted by Gasteiger charge is 2.28. The first-order valence-corrected chi connectivity index (χ1v) is 6.13. The van der Waals surface area contributed by atoms with E-state index in [4.69, 9.17) is 9.93 Å². The lowest BCUT2D eigenvalue weighted by Crippen LogP contribution is -2.40. The maximum absolute atomic E-state index is 8.10. The molecule has 0 amide bonds. The Bertz CT molecular complexity index is 680. The third kappa shape index (κ3) is 2.12. The fourth-order valence-electron chi connectivity index (χ4n) is 2.14. The maximum atomic E-state index is 8.10. The Balaban J connectivity index is 2.09. The van der Waals surface area contributed by atoms with Gasteiger partial charge < -0.3 is 4.52 Å². The lowest BCUT2D eigenvalue weighted by atomic mass is 10.0. The van der Waals surface area contributed by atoms with Crippen LogP contribution in [-0.2, 0) is 0 Å². The number of benzene rings is 1. The van der Waals surface area contributed by atoms with Gasteiger partial charge in [-0.2, -0.15) is 0 Å². The van der Waals surface area contributed by atoms with Gasteiger partial charge in [0.2, 0.25) is 11.5 Å². The first kappa shape index (κ1) is 11.6. The summed E-state index contributed by atoms with van der Waals surface area (Å²) in [4.78, 5) is 0. The number of nitrogens with zero attached hydrogens (tertiary/aromatic N) is 2. The number of hydrogen-bond acceptors (Lipinski definition) is 3. The van der Waals surface area contributed by atoms with Gasteiger partial charge in [0, 0.05) is 12.5 Å². The van der Waals surface area contributed by atoms with Gasteiger partial charge in [-0.05, 0) is 23.7 Å². The fourth-order valence-corrected chi connectivity index (χ4v) is 2.14. The average molecular weight is 252 g/mol. The molecule has 1 aliphatic carbocycles. The van der Waals surface area contributed by atoms with E-state index in [0.717, 1.165) is 17.0 Å². The highest BCUT2D eigenvalue weighted by molar-refractivity contribution is 6.15. The van der Waals surface area contributed by atoms with Crippen molar-refractivity contribution in [2.75, 3.05) is 0 Å². The molecule has 2 aromatic rings. The van der Waals surface area contributed by atoms with Crippen molar-refractivity contribution in [1.29, 1.82) is 5.41 Å². The maximum Gasteiger partial charge on any atom is 0.287 e. The van der Waals surface area contributed by atoms with Crippen molar-refractivity contribution in [3.63, 3.8) is 0 Å². The van der Waals surface area contributed by atoms with Crippen molar-refractivity contribution in [1.82, 2.24) is 5.27 Å². The van der Waals surface area contributed by atoms with Crippen LogP contribution < -0.4 is 4.68 Å². The normalized spacial score (nSPS) is 15.1. The van der Waals surface area contributed by atoms with Crippen molar-refractivity contribution in [2.45, 2.75) is 13.3 Å². The zero-order chi connectivity index (χ0) is 13.2. The van der Waals surface area contributed by atoms with E-state index in [-0.39, 0.29) is 0 Å². The predicted molar refractivity (Wildman–Crippen MR) is 72.5 cm³/mol. The molecule has 0 fully saturated rings.